The van der Waals surface area contributed by atoms with Crippen molar-refractivity contribution in [2.45, 2.75) is 25.0 Å². The Bertz CT molecular complexity index is 746. The Morgan fingerprint density at radius 1 is 1.15 bits per heavy atom. The molecule has 0 aromatic heterocycles. The summed E-state index contributed by atoms with van der Waals surface area (Å²) in [4.78, 5) is 2.50. The van der Waals surface area contributed by atoms with Crippen LogP contribution in [-0.4, -0.2) is 37.7 Å². The molecule has 26 heavy (non-hydrogen) atoms. The molecule has 3 nitrogen and oxygen atoms in total. The molecule has 2 atom stereocenters. The van der Waals surface area contributed by atoms with Gasteiger partial charge in [-0.05, 0) is 53.8 Å². The lowest BCUT2D eigenvalue weighted by Crippen LogP contribution is -2.45. The zero-order chi connectivity index (χ0) is 17.9. The lowest BCUT2D eigenvalue weighted by molar-refractivity contribution is 0.0119. The van der Waals surface area contributed by atoms with Gasteiger partial charge in [0.25, 0.3) is 0 Å². The highest BCUT2D eigenvalue weighted by molar-refractivity contribution is 9.10. The number of nitrogens with one attached hydrogen (secondary N) is 1. The van der Waals surface area contributed by atoms with Crippen molar-refractivity contribution in [1.29, 1.82) is 0 Å². The summed E-state index contributed by atoms with van der Waals surface area (Å²) in [5.74, 6) is -0.183. The van der Waals surface area contributed by atoms with Gasteiger partial charge in [-0.25, -0.2) is 4.39 Å². The van der Waals surface area contributed by atoms with Crippen molar-refractivity contribution in [2.75, 3.05) is 32.8 Å². The fraction of sp³-hybridized carbons (Fsp3) is 0.429. The largest absolute Gasteiger partial charge is 0.373 e. The second kappa shape index (κ2) is 8.17. The molecule has 138 valence electrons. The maximum Gasteiger partial charge on any atom is 0.123 e. The number of rotatable bonds is 4. The second-order valence-electron chi connectivity index (χ2n) is 7.04. The van der Waals surface area contributed by atoms with E-state index in [4.69, 9.17) is 4.74 Å². The average Bonchev–Trinajstić information content (AvgIpc) is 2.67. The van der Waals surface area contributed by atoms with Gasteiger partial charge in [-0.1, -0.05) is 34.1 Å². The first-order chi connectivity index (χ1) is 12.7. The molecule has 0 radical (unpaired) electrons. The van der Waals surface area contributed by atoms with Crippen LogP contribution < -0.4 is 5.32 Å². The lowest BCUT2D eigenvalue weighted by atomic mass is 9.90. The highest BCUT2D eigenvalue weighted by Crippen LogP contribution is 2.38. The number of hydrogen-bond donors (Lipinski definition) is 1. The summed E-state index contributed by atoms with van der Waals surface area (Å²) in [5, 5.41) is 3.42. The molecule has 2 aromatic rings. The van der Waals surface area contributed by atoms with E-state index in [2.05, 4.69) is 44.3 Å². The summed E-state index contributed by atoms with van der Waals surface area (Å²) in [7, 11) is 0. The second-order valence-corrected chi connectivity index (χ2v) is 7.96. The van der Waals surface area contributed by atoms with Gasteiger partial charge in [0.1, 0.15) is 5.82 Å². The number of nitrogens with zero attached hydrogens (tertiary/aromatic N) is 1. The third-order valence-corrected chi connectivity index (χ3v) is 5.92. The molecule has 5 heteroatoms. The number of ether oxygens (including phenoxy) is 1. The zero-order valence-corrected chi connectivity index (χ0v) is 16.3. The number of fused-ring (bicyclic) bond motifs is 1. The van der Waals surface area contributed by atoms with Gasteiger partial charge in [-0.3, -0.25) is 4.90 Å². The quantitative estimate of drug-likeness (QED) is 0.803. The van der Waals surface area contributed by atoms with Crippen molar-refractivity contribution < 1.29 is 9.13 Å². The summed E-state index contributed by atoms with van der Waals surface area (Å²) >= 11 is 3.58. The summed E-state index contributed by atoms with van der Waals surface area (Å²) in [6.07, 6.45) is 1.93. The van der Waals surface area contributed by atoms with E-state index >= 15 is 0 Å². The van der Waals surface area contributed by atoms with Gasteiger partial charge in [-0.15, -0.1) is 0 Å². The van der Waals surface area contributed by atoms with Crippen LogP contribution in [0.1, 0.15) is 35.3 Å². The van der Waals surface area contributed by atoms with Crippen molar-refractivity contribution in [1.82, 2.24) is 10.2 Å². The minimum absolute atomic E-state index is 0.0804. The van der Waals surface area contributed by atoms with Crippen molar-refractivity contribution >= 4 is 15.9 Å². The average molecular weight is 419 g/mol. The summed E-state index contributed by atoms with van der Waals surface area (Å²) < 4.78 is 20.7. The van der Waals surface area contributed by atoms with Crippen LogP contribution in [-0.2, 0) is 11.2 Å². The highest BCUT2D eigenvalue weighted by atomic mass is 79.9. The number of hydrogen-bond acceptors (Lipinski definition) is 3. The van der Waals surface area contributed by atoms with Gasteiger partial charge in [0.2, 0.25) is 0 Å². The minimum Gasteiger partial charge on any atom is -0.373 e. The first kappa shape index (κ1) is 18.1. The van der Waals surface area contributed by atoms with Gasteiger partial charge >= 0.3 is 0 Å². The molecular weight excluding hydrogens is 395 g/mol. The molecule has 2 unspecified atom stereocenters. The molecule has 0 spiro atoms. The molecule has 2 aliphatic heterocycles. The maximum atomic E-state index is 13.4. The monoisotopic (exact) mass is 418 g/mol. The number of piperazine rings is 1. The van der Waals surface area contributed by atoms with Gasteiger partial charge in [0.15, 0.2) is 0 Å². The topological polar surface area (TPSA) is 24.5 Å². The molecule has 0 amide bonds. The smallest absolute Gasteiger partial charge is 0.123 e. The van der Waals surface area contributed by atoms with Gasteiger partial charge in [0, 0.05) is 36.7 Å². The van der Waals surface area contributed by atoms with Crippen molar-refractivity contribution in [3.05, 3.63) is 69.4 Å². The highest BCUT2D eigenvalue weighted by Gasteiger charge is 2.29. The fourth-order valence-corrected chi connectivity index (χ4v) is 4.49. The Morgan fingerprint density at radius 2 is 1.92 bits per heavy atom. The minimum atomic E-state index is -0.183. The normalized spacial score (nSPS) is 22.0. The molecule has 0 aliphatic carbocycles. The third kappa shape index (κ3) is 4.01. The number of benzene rings is 2. The molecule has 2 aliphatic rings. The van der Waals surface area contributed by atoms with Crippen molar-refractivity contribution in [3.63, 3.8) is 0 Å². The standard InChI is InChI=1S/C21H24BrFN2O/c22-17-3-6-19-16(13-17)7-12-26-21(19)14-20(25-10-8-24-9-11-25)15-1-4-18(23)5-2-15/h1-6,13,20-21,24H,7-12,14H2. The number of halogens is 2. The molecule has 0 bridgehead atoms. The van der Waals surface area contributed by atoms with Crippen LogP contribution in [0.3, 0.4) is 0 Å². The zero-order valence-electron chi connectivity index (χ0n) is 14.8. The van der Waals surface area contributed by atoms with E-state index < -0.39 is 0 Å². The fourth-order valence-electron chi connectivity index (χ4n) is 4.08. The molecule has 1 fully saturated rings. The first-order valence-electron chi connectivity index (χ1n) is 9.31. The van der Waals surface area contributed by atoms with E-state index in [0.29, 0.717) is 0 Å². The SMILES string of the molecule is Fc1ccc(C(CC2OCCc3cc(Br)ccc32)N2CCNCC2)cc1. The van der Waals surface area contributed by atoms with E-state index in [1.807, 2.05) is 12.1 Å². The Labute approximate surface area is 162 Å². The van der Waals surface area contributed by atoms with E-state index in [1.165, 1.54) is 16.7 Å². The van der Waals surface area contributed by atoms with Crippen molar-refractivity contribution in [2.24, 2.45) is 0 Å². The molecule has 2 aromatic carbocycles. The molecular formula is C21H24BrFN2O. The predicted octanol–water partition coefficient (Wildman–Crippen LogP) is 4.24. The van der Waals surface area contributed by atoms with E-state index in [0.717, 1.165) is 50.1 Å². The van der Waals surface area contributed by atoms with Gasteiger partial charge in [-0.2, -0.15) is 0 Å². The van der Waals surface area contributed by atoms with Crippen LogP contribution in [0.4, 0.5) is 4.39 Å². The maximum absolute atomic E-state index is 13.4. The predicted molar refractivity (Wildman–Crippen MR) is 105 cm³/mol. The Balaban J connectivity index is 1.62. The molecule has 2 heterocycles. The molecule has 4 rings (SSSR count). The Hall–Kier alpha value is -1.27. The first-order valence-corrected chi connectivity index (χ1v) is 10.1. The van der Waals surface area contributed by atoms with E-state index in [1.54, 1.807) is 12.1 Å². The van der Waals surface area contributed by atoms with E-state index in [-0.39, 0.29) is 18.0 Å². The van der Waals surface area contributed by atoms with Crippen molar-refractivity contribution in [3.8, 4) is 0 Å². The Kier molecular flexibility index (Phi) is 5.69. The molecule has 1 saturated heterocycles. The van der Waals surface area contributed by atoms with Crippen LogP contribution in [0.15, 0.2) is 46.9 Å². The summed E-state index contributed by atoms with van der Waals surface area (Å²) in [5.41, 5.74) is 3.83. The molecule has 1 N–H and O–H groups in total. The summed E-state index contributed by atoms with van der Waals surface area (Å²) in [6.45, 7) is 4.75. The van der Waals surface area contributed by atoms with E-state index in [9.17, 15) is 4.39 Å². The van der Waals surface area contributed by atoms with Crippen LogP contribution in [0.2, 0.25) is 0 Å². The van der Waals surface area contributed by atoms with Gasteiger partial charge in [0.05, 0.1) is 12.7 Å². The van der Waals surface area contributed by atoms with Crippen LogP contribution in [0, 0.1) is 5.82 Å². The summed E-state index contributed by atoms with van der Waals surface area (Å²) in [6, 6.07) is 13.7. The third-order valence-electron chi connectivity index (χ3n) is 5.43. The van der Waals surface area contributed by atoms with Crippen LogP contribution in [0.5, 0.6) is 0 Å². The van der Waals surface area contributed by atoms with Crippen LogP contribution >= 0.6 is 15.9 Å². The van der Waals surface area contributed by atoms with Gasteiger partial charge < -0.3 is 10.1 Å². The Morgan fingerprint density at radius 3 is 2.69 bits per heavy atom. The lowest BCUT2D eigenvalue weighted by Gasteiger charge is -2.38. The molecule has 0 saturated carbocycles. The van der Waals surface area contributed by atoms with Crippen LogP contribution in [0.25, 0.3) is 0 Å².